The van der Waals surface area contributed by atoms with Gasteiger partial charge in [0.1, 0.15) is 0 Å². The molecule has 116 valence electrons. The Hall–Kier alpha value is -2.07. The van der Waals surface area contributed by atoms with E-state index in [1.165, 1.54) is 0 Å². The molecule has 1 N–H and O–H groups in total. The van der Waals surface area contributed by atoms with E-state index in [1.54, 1.807) is 19.5 Å². The molecule has 2 atom stereocenters. The fourth-order valence-electron chi connectivity index (χ4n) is 3.03. The molecular formula is C18H21NO3. The van der Waals surface area contributed by atoms with Gasteiger partial charge in [-0.3, -0.25) is 4.79 Å². The van der Waals surface area contributed by atoms with Gasteiger partial charge in [-0.2, -0.15) is 0 Å². The molecule has 4 heteroatoms. The van der Waals surface area contributed by atoms with Crippen LogP contribution in [0.1, 0.15) is 30.1 Å². The SMILES string of the molecule is CC(O)C1CCCN(C(=O)c2cccc(-c3ccoc3)c2)C1. The van der Waals surface area contributed by atoms with E-state index in [9.17, 15) is 9.90 Å². The predicted octanol–water partition coefficient (Wildman–Crippen LogP) is 3.18. The zero-order chi connectivity index (χ0) is 15.5. The number of nitrogens with zero attached hydrogens (tertiary/aromatic N) is 1. The highest BCUT2D eigenvalue weighted by Crippen LogP contribution is 2.24. The minimum Gasteiger partial charge on any atom is -0.472 e. The molecular weight excluding hydrogens is 278 g/mol. The second-order valence-electron chi connectivity index (χ2n) is 5.99. The van der Waals surface area contributed by atoms with Crippen molar-refractivity contribution in [3.05, 3.63) is 48.4 Å². The van der Waals surface area contributed by atoms with Crippen molar-refractivity contribution < 1.29 is 14.3 Å². The van der Waals surface area contributed by atoms with Crippen LogP contribution in [0.15, 0.2) is 47.3 Å². The Bertz CT molecular complexity index is 634. The third kappa shape index (κ3) is 3.07. The second-order valence-corrected chi connectivity index (χ2v) is 5.99. The fraction of sp³-hybridized carbons (Fsp3) is 0.389. The number of carbonyl (C=O) groups is 1. The number of rotatable bonds is 3. The maximum atomic E-state index is 12.7. The van der Waals surface area contributed by atoms with Crippen molar-refractivity contribution in [3.8, 4) is 11.1 Å². The molecule has 1 aliphatic rings. The van der Waals surface area contributed by atoms with Crippen LogP contribution in [0.3, 0.4) is 0 Å². The van der Waals surface area contributed by atoms with Gasteiger partial charge in [0.2, 0.25) is 0 Å². The third-order valence-electron chi connectivity index (χ3n) is 4.39. The number of piperidine rings is 1. The van der Waals surface area contributed by atoms with E-state index in [4.69, 9.17) is 4.42 Å². The Morgan fingerprint density at radius 3 is 2.95 bits per heavy atom. The number of likely N-dealkylation sites (tertiary alicyclic amines) is 1. The molecule has 2 aromatic rings. The van der Waals surface area contributed by atoms with Crippen LogP contribution in [0.2, 0.25) is 0 Å². The van der Waals surface area contributed by atoms with Gasteiger partial charge in [-0.05, 0) is 43.5 Å². The van der Waals surface area contributed by atoms with E-state index in [0.717, 1.165) is 30.5 Å². The van der Waals surface area contributed by atoms with Gasteiger partial charge in [0, 0.05) is 30.1 Å². The van der Waals surface area contributed by atoms with Crippen molar-refractivity contribution >= 4 is 5.91 Å². The zero-order valence-corrected chi connectivity index (χ0v) is 12.7. The quantitative estimate of drug-likeness (QED) is 0.947. The number of aliphatic hydroxyl groups excluding tert-OH is 1. The van der Waals surface area contributed by atoms with Crippen LogP contribution in [0.5, 0.6) is 0 Å². The van der Waals surface area contributed by atoms with Crippen molar-refractivity contribution in [2.45, 2.75) is 25.9 Å². The van der Waals surface area contributed by atoms with Crippen molar-refractivity contribution in [3.63, 3.8) is 0 Å². The van der Waals surface area contributed by atoms with Crippen LogP contribution in [0.4, 0.5) is 0 Å². The molecule has 4 nitrogen and oxygen atoms in total. The molecule has 1 aromatic carbocycles. The number of amides is 1. The Morgan fingerprint density at radius 1 is 1.36 bits per heavy atom. The topological polar surface area (TPSA) is 53.7 Å². The van der Waals surface area contributed by atoms with Gasteiger partial charge < -0.3 is 14.4 Å². The Morgan fingerprint density at radius 2 is 2.23 bits per heavy atom. The summed E-state index contributed by atoms with van der Waals surface area (Å²) in [4.78, 5) is 14.6. The van der Waals surface area contributed by atoms with Crippen LogP contribution in [-0.4, -0.2) is 35.1 Å². The smallest absolute Gasteiger partial charge is 0.253 e. The minimum absolute atomic E-state index is 0.0377. The maximum Gasteiger partial charge on any atom is 0.253 e. The largest absolute Gasteiger partial charge is 0.472 e. The molecule has 1 aromatic heterocycles. The first-order valence-electron chi connectivity index (χ1n) is 7.75. The number of furan rings is 1. The van der Waals surface area contributed by atoms with Gasteiger partial charge in [-0.25, -0.2) is 0 Å². The molecule has 2 unspecified atom stereocenters. The summed E-state index contributed by atoms with van der Waals surface area (Å²) in [5.74, 6) is 0.213. The summed E-state index contributed by atoms with van der Waals surface area (Å²) in [5, 5.41) is 9.77. The van der Waals surface area contributed by atoms with Gasteiger partial charge in [0.15, 0.2) is 0 Å². The number of hydrogen-bond donors (Lipinski definition) is 1. The lowest BCUT2D eigenvalue weighted by Crippen LogP contribution is -2.42. The van der Waals surface area contributed by atoms with Crippen LogP contribution in [0.25, 0.3) is 11.1 Å². The van der Waals surface area contributed by atoms with Gasteiger partial charge in [0.05, 0.1) is 18.6 Å². The Kier molecular flexibility index (Phi) is 4.29. The van der Waals surface area contributed by atoms with E-state index >= 15 is 0 Å². The molecule has 0 radical (unpaired) electrons. The van der Waals surface area contributed by atoms with E-state index < -0.39 is 0 Å². The molecule has 0 bridgehead atoms. The van der Waals surface area contributed by atoms with Gasteiger partial charge in [-0.15, -0.1) is 0 Å². The fourth-order valence-corrected chi connectivity index (χ4v) is 3.03. The van der Waals surface area contributed by atoms with Crippen molar-refractivity contribution in [1.29, 1.82) is 0 Å². The first-order chi connectivity index (χ1) is 10.6. The normalized spacial score (nSPS) is 19.9. The first-order valence-corrected chi connectivity index (χ1v) is 7.75. The first kappa shape index (κ1) is 14.9. The Balaban J connectivity index is 1.79. The third-order valence-corrected chi connectivity index (χ3v) is 4.39. The summed E-state index contributed by atoms with van der Waals surface area (Å²) in [7, 11) is 0. The molecule has 1 amide bonds. The highest BCUT2D eigenvalue weighted by molar-refractivity contribution is 5.95. The van der Waals surface area contributed by atoms with E-state index in [-0.39, 0.29) is 17.9 Å². The minimum atomic E-state index is -0.368. The summed E-state index contributed by atoms with van der Waals surface area (Å²) >= 11 is 0. The molecule has 22 heavy (non-hydrogen) atoms. The average Bonchev–Trinajstić information content (AvgIpc) is 3.09. The van der Waals surface area contributed by atoms with Crippen LogP contribution in [0, 0.1) is 5.92 Å². The number of hydrogen-bond acceptors (Lipinski definition) is 3. The molecule has 1 fully saturated rings. The van der Waals surface area contributed by atoms with Crippen molar-refractivity contribution in [2.24, 2.45) is 5.92 Å². The Labute approximate surface area is 130 Å². The van der Waals surface area contributed by atoms with Crippen LogP contribution >= 0.6 is 0 Å². The molecule has 0 saturated carbocycles. The number of benzene rings is 1. The molecule has 0 spiro atoms. The number of aliphatic hydroxyl groups is 1. The lowest BCUT2D eigenvalue weighted by molar-refractivity contribution is 0.0466. The van der Waals surface area contributed by atoms with E-state index in [2.05, 4.69) is 0 Å². The molecule has 1 aliphatic heterocycles. The van der Waals surface area contributed by atoms with Crippen molar-refractivity contribution in [1.82, 2.24) is 4.90 Å². The standard InChI is InChI=1S/C18H21NO3/c1-13(20)16-6-3-8-19(11-16)18(21)15-5-2-4-14(10-15)17-7-9-22-12-17/h2,4-5,7,9-10,12-13,16,20H,3,6,8,11H2,1H3. The highest BCUT2D eigenvalue weighted by atomic mass is 16.3. The van der Waals surface area contributed by atoms with E-state index in [0.29, 0.717) is 12.1 Å². The molecule has 2 heterocycles. The summed E-state index contributed by atoms with van der Waals surface area (Å²) in [6.07, 6.45) is 4.86. The number of carbonyl (C=O) groups excluding carboxylic acids is 1. The summed E-state index contributed by atoms with van der Waals surface area (Å²) < 4.78 is 5.10. The summed E-state index contributed by atoms with van der Waals surface area (Å²) in [6, 6.07) is 9.49. The van der Waals surface area contributed by atoms with Gasteiger partial charge >= 0.3 is 0 Å². The van der Waals surface area contributed by atoms with Gasteiger partial charge in [0.25, 0.3) is 5.91 Å². The monoisotopic (exact) mass is 299 g/mol. The summed E-state index contributed by atoms with van der Waals surface area (Å²) in [6.45, 7) is 3.20. The molecule has 1 saturated heterocycles. The summed E-state index contributed by atoms with van der Waals surface area (Å²) in [5.41, 5.74) is 2.63. The average molecular weight is 299 g/mol. The van der Waals surface area contributed by atoms with Crippen LogP contribution < -0.4 is 0 Å². The predicted molar refractivity (Wildman–Crippen MR) is 84.5 cm³/mol. The maximum absolute atomic E-state index is 12.7. The van der Waals surface area contributed by atoms with Gasteiger partial charge in [-0.1, -0.05) is 12.1 Å². The van der Waals surface area contributed by atoms with E-state index in [1.807, 2.05) is 35.2 Å². The highest BCUT2D eigenvalue weighted by Gasteiger charge is 2.27. The molecule has 3 rings (SSSR count). The van der Waals surface area contributed by atoms with Crippen LogP contribution in [-0.2, 0) is 0 Å². The second kappa shape index (κ2) is 6.36. The molecule has 0 aliphatic carbocycles. The van der Waals surface area contributed by atoms with Crippen molar-refractivity contribution in [2.75, 3.05) is 13.1 Å². The lowest BCUT2D eigenvalue weighted by Gasteiger charge is -2.34. The zero-order valence-electron chi connectivity index (χ0n) is 12.7. The lowest BCUT2D eigenvalue weighted by atomic mass is 9.93.